The molecular weight excluding hydrogens is 495 g/mol. The van der Waals surface area contributed by atoms with E-state index in [0.29, 0.717) is 40.4 Å². The lowest BCUT2D eigenvalue weighted by molar-refractivity contribution is 0.0722. The Morgan fingerprint density at radius 3 is 2.83 bits per heavy atom. The van der Waals surface area contributed by atoms with E-state index in [1.807, 2.05) is 13.0 Å². The van der Waals surface area contributed by atoms with E-state index in [-0.39, 0.29) is 18.5 Å². The van der Waals surface area contributed by atoms with Gasteiger partial charge in [-0.05, 0) is 66.8 Å². The van der Waals surface area contributed by atoms with E-state index in [1.54, 1.807) is 35.7 Å². The maximum Gasteiger partial charge on any atom is 0.418 e. The largest absolute Gasteiger partial charge is 0.489 e. The molecule has 0 bridgehead atoms. The molecule has 0 aliphatic carbocycles. The zero-order valence-corrected chi connectivity index (χ0v) is 20.7. The third-order valence-corrected chi connectivity index (χ3v) is 6.59. The molecule has 0 spiro atoms. The Morgan fingerprint density at radius 1 is 1.29 bits per heavy atom. The summed E-state index contributed by atoms with van der Waals surface area (Å²) in [5, 5.41) is 15.6. The molecule has 1 aliphatic heterocycles. The molecule has 0 saturated carbocycles. The molecule has 2 unspecified atom stereocenters. The van der Waals surface area contributed by atoms with Crippen molar-refractivity contribution < 1.29 is 28.5 Å². The summed E-state index contributed by atoms with van der Waals surface area (Å²) in [6.07, 6.45) is -0.644. The summed E-state index contributed by atoms with van der Waals surface area (Å²) in [5.74, 6) is 0.753. The number of aliphatic hydroxyl groups is 1. The van der Waals surface area contributed by atoms with Crippen molar-refractivity contribution in [2.75, 3.05) is 31.6 Å². The average molecular weight is 521 g/mol. The van der Waals surface area contributed by atoms with E-state index >= 15 is 0 Å². The van der Waals surface area contributed by atoms with Crippen molar-refractivity contribution in [1.29, 1.82) is 0 Å². The molecule has 2 aromatic carbocycles. The summed E-state index contributed by atoms with van der Waals surface area (Å²) in [4.78, 5) is 14.4. The summed E-state index contributed by atoms with van der Waals surface area (Å²) in [6.45, 7) is 3.79. The molecular formula is C25H26ClFN2O5S. The first kappa shape index (κ1) is 25.2. The third kappa shape index (κ3) is 7.32. The number of nitrogens with one attached hydrogen (secondary N) is 1. The van der Waals surface area contributed by atoms with Crippen molar-refractivity contribution in [3.8, 4) is 16.6 Å². The maximum absolute atomic E-state index is 13.1. The van der Waals surface area contributed by atoms with Crippen LogP contribution in [0.4, 0.5) is 14.9 Å². The van der Waals surface area contributed by atoms with Gasteiger partial charge in [0.2, 0.25) is 5.06 Å². The minimum Gasteiger partial charge on any atom is -0.489 e. The van der Waals surface area contributed by atoms with Crippen LogP contribution in [0.15, 0.2) is 53.9 Å². The monoisotopic (exact) mass is 520 g/mol. The number of rotatable bonds is 9. The Morgan fingerprint density at radius 2 is 2.09 bits per heavy atom. The highest BCUT2D eigenvalue weighted by atomic mass is 35.5. The predicted molar refractivity (Wildman–Crippen MR) is 134 cm³/mol. The number of thiophene rings is 1. The number of benzene rings is 2. The summed E-state index contributed by atoms with van der Waals surface area (Å²) in [7, 11) is 0. The summed E-state index contributed by atoms with van der Waals surface area (Å²) >= 11 is 7.19. The van der Waals surface area contributed by atoms with E-state index in [2.05, 4.69) is 10.2 Å². The molecule has 35 heavy (non-hydrogen) atoms. The van der Waals surface area contributed by atoms with Crippen LogP contribution in [0.2, 0.25) is 5.02 Å². The smallest absolute Gasteiger partial charge is 0.418 e. The number of hydrogen-bond donors (Lipinski definition) is 2. The van der Waals surface area contributed by atoms with Crippen LogP contribution >= 0.6 is 22.9 Å². The molecule has 2 N–H and O–H groups in total. The van der Waals surface area contributed by atoms with Gasteiger partial charge in [-0.25, -0.2) is 9.18 Å². The van der Waals surface area contributed by atoms with Crippen molar-refractivity contribution in [2.24, 2.45) is 0 Å². The first-order valence-corrected chi connectivity index (χ1v) is 12.4. The number of hydrogen-bond acceptors (Lipinski definition) is 7. The van der Waals surface area contributed by atoms with Crippen LogP contribution in [0.3, 0.4) is 0 Å². The summed E-state index contributed by atoms with van der Waals surface area (Å²) in [5.41, 5.74) is 1.37. The predicted octanol–water partition coefficient (Wildman–Crippen LogP) is 5.35. The second-order valence-electron chi connectivity index (χ2n) is 8.28. The topological polar surface area (TPSA) is 80.3 Å². The maximum atomic E-state index is 13.1. The van der Waals surface area contributed by atoms with Crippen LogP contribution in [-0.2, 0) is 0 Å². The molecule has 1 amide bonds. The number of carbonyl (C=O) groups is 1. The minimum absolute atomic E-state index is 0.0241. The first-order valence-electron chi connectivity index (χ1n) is 11.1. The van der Waals surface area contributed by atoms with Gasteiger partial charge in [0.25, 0.3) is 0 Å². The number of likely N-dealkylation sites (tertiary alicyclic amines) is 1. The van der Waals surface area contributed by atoms with Gasteiger partial charge in [-0.1, -0.05) is 17.7 Å². The molecule has 2 heterocycles. The van der Waals surface area contributed by atoms with Gasteiger partial charge in [0.1, 0.15) is 36.1 Å². The van der Waals surface area contributed by atoms with Crippen molar-refractivity contribution in [1.82, 2.24) is 4.90 Å². The van der Waals surface area contributed by atoms with Crippen molar-refractivity contribution in [2.45, 2.75) is 25.6 Å². The fourth-order valence-corrected chi connectivity index (χ4v) is 4.67. The van der Waals surface area contributed by atoms with Gasteiger partial charge in [0.15, 0.2) is 0 Å². The fourth-order valence-electron chi connectivity index (χ4n) is 3.73. The molecule has 2 atom stereocenters. The Labute approximate surface area is 212 Å². The van der Waals surface area contributed by atoms with Crippen molar-refractivity contribution in [3.05, 3.63) is 70.3 Å². The number of amides is 1. The zero-order valence-electron chi connectivity index (χ0n) is 19.1. The molecule has 7 nitrogen and oxygen atoms in total. The number of ether oxygens (including phenoxy) is 3. The molecule has 1 aliphatic rings. The van der Waals surface area contributed by atoms with E-state index < -0.39 is 12.2 Å². The molecule has 4 rings (SSSR count). The fraction of sp³-hybridized carbons (Fsp3) is 0.320. The quantitative estimate of drug-likeness (QED) is 0.396. The normalized spacial score (nSPS) is 16.6. The number of anilines is 1. The van der Waals surface area contributed by atoms with Gasteiger partial charge >= 0.3 is 6.09 Å². The molecule has 0 radical (unpaired) electrons. The lowest BCUT2D eigenvalue weighted by atomic mass is 10.2. The molecule has 1 saturated heterocycles. The zero-order chi connectivity index (χ0) is 24.8. The van der Waals surface area contributed by atoms with Crippen LogP contribution in [-0.4, -0.2) is 54.5 Å². The van der Waals surface area contributed by atoms with Crippen LogP contribution in [0.5, 0.6) is 16.6 Å². The van der Waals surface area contributed by atoms with Crippen LogP contribution in [0.25, 0.3) is 0 Å². The number of nitrogens with zero attached hydrogens (tertiary/aromatic N) is 1. The molecule has 186 valence electrons. The molecule has 10 heteroatoms. The number of halogens is 2. The van der Waals surface area contributed by atoms with E-state index in [4.69, 9.17) is 25.8 Å². The SMILES string of the molecule is Cc1ccc(NC(=O)Oc2sccc2Cl)c(OCC(O)CN2CCC(Oc3ccc(F)cc3)C2)c1. The van der Waals surface area contributed by atoms with Crippen LogP contribution < -0.4 is 19.5 Å². The Kier molecular flexibility index (Phi) is 8.46. The lowest BCUT2D eigenvalue weighted by Crippen LogP contribution is -2.35. The van der Waals surface area contributed by atoms with Gasteiger partial charge in [-0.15, -0.1) is 11.3 Å². The third-order valence-electron chi connectivity index (χ3n) is 5.39. The van der Waals surface area contributed by atoms with Crippen LogP contribution in [0.1, 0.15) is 12.0 Å². The Balaban J connectivity index is 1.26. The van der Waals surface area contributed by atoms with Gasteiger partial charge in [0, 0.05) is 19.6 Å². The number of aryl methyl sites for hydroxylation is 1. The highest BCUT2D eigenvalue weighted by Gasteiger charge is 2.26. The van der Waals surface area contributed by atoms with Gasteiger partial charge in [0.05, 0.1) is 10.7 Å². The molecule has 1 aromatic heterocycles. The number of carbonyl (C=O) groups excluding carboxylic acids is 1. The summed E-state index contributed by atoms with van der Waals surface area (Å²) in [6, 6.07) is 12.9. The first-order chi connectivity index (χ1) is 16.9. The van der Waals surface area contributed by atoms with E-state index in [1.165, 1.54) is 23.5 Å². The average Bonchev–Trinajstić information content (AvgIpc) is 3.43. The standard InChI is InChI=1S/C25H26ClFN2O5S/c1-16-2-7-22(28-25(31)34-24-21(26)9-11-35-24)23(12-16)32-15-18(30)13-29-10-8-20(14-29)33-19-5-3-17(27)4-6-19/h2-7,9,11-12,18,20,30H,8,10,13-15H2,1H3,(H,28,31). The second kappa shape index (κ2) is 11.7. The van der Waals surface area contributed by atoms with Crippen molar-refractivity contribution >= 4 is 34.7 Å². The van der Waals surface area contributed by atoms with Gasteiger partial charge < -0.3 is 19.3 Å². The second-order valence-corrected chi connectivity index (χ2v) is 9.56. The molecule has 3 aromatic rings. The van der Waals surface area contributed by atoms with Crippen molar-refractivity contribution in [3.63, 3.8) is 0 Å². The van der Waals surface area contributed by atoms with E-state index in [9.17, 15) is 14.3 Å². The van der Waals surface area contributed by atoms with Gasteiger partial charge in [-0.3, -0.25) is 10.2 Å². The minimum atomic E-state index is -0.746. The lowest BCUT2D eigenvalue weighted by Gasteiger charge is -2.21. The Bertz CT molecular complexity index is 1140. The molecule has 1 fully saturated rings. The Hall–Kier alpha value is -2.85. The van der Waals surface area contributed by atoms with Crippen LogP contribution in [0, 0.1) is 12.7 Å². The highest BCUT2D eigenvalue weighted by molar-refractivity contribution is 7.12. The summed E-state index contributed by atoms with van der Waals surface area (Å²) < 4.78 is 30.1. The number of aliphatic hydroxyl groups excluding tert-OH is 1. The number of β-amino-alcohol motifs (C(OH)–C–C–N with tert-alkyl or cyclic N) is 1. The van der Waals surface area contributed by atoms with E-state index in [0.717, 1.165) is 18.5 Å². The van der Waals surface area contributed by atoms with Gasteiger partial charge in [-0.2, -0.15) is 0 Å². The highest BCUT2D eigenvalue weighted by Crippen LogP contribution is 2.32.